The van der Waals surface area contributed by atoms with Crippen molar-refractivity contribution in [2.45, 2.75) is 58.8 Å². The molecule has 0 aliphatic heterocycles. The third kappa shape index (κ3) is 3.50. The van der Waals surface area contributed by atoms with E-state index >= 15 is 0 Å². The summed E-state index contributed by atoms with van der Waals surface area (Å²) in [6.45, 7) is 3.95. The summed E-state index contributed by atoms with van der Waals surface area (Å²) in [5, 5.41) is 0. The number of carbonyl (C=O) groups is 1. The number of ketones is 1. The van der Waals surface area contributed by atoms with Crippen LogP contribution in [0.25, 0.3) is 0 Å². The van der Waals surface area contributed by atoms with Crippen LogP contribution in [-0.2, 0) is 4.79 Å². The van der Waals surface area contributed by atoms with Gasteiger partial charge in [-0.25, -0.2) is 0 Å². The molecule has 76 valence electrons. The first-order valence-electron chi connectivity index (χ1n) is 5.73. The largest absolute Gasteiger partial charge is 0.300 e. The number of hydrogen-bond donors (Lipinski definition) is 0. The van der Waals surface area contributed by atoms with Gasteiger partial charge < -0.3 is 4.79 Å². The maximum absolute atomic E-state index is 11.1. The van der Waals surface area contributed by atoms with Crippen LogP contribution < -0.4 is 0 Å². The van der Waals surface area contributed by atoms with E-state index in [1.165, 1.54) is 38.5 Å². The molecule has 1 aliphatic carbocycles. The minimum Gasteiger partial charge on any atom is -0.300 e. The molecule has 0 aromatic carbocycles. The van der Waals surface area contributed by atoms with Gasteiger partial charge in [0.05, 0.1) is 0 Å². The Kier molecular flexibility index (Phi) is 4.47. The Morgan fingerprint density at radius 1 is 1.31 bits per heavy atom. The van der Waals surface area contributed by atoms with Gasteiger partial charge in [-0.2, -0.15) is 0 Å². The number of carbonyl (C=O) groups excluding carboxylic acids is 1. The van der Waals surface area contributed by atoms with E-state index in [0.717, 1.165) is 12.3 Å². The fourth-order valence-corrected chi connectivity index (χ4v) is 2.62. The molecule has 1 saturated carbocycles. The molecular formula is C12H22O. The maximum atomic E-state index is 11.1. The van der Waals surface area contributed by atoms with Crippen molar-refractivity contribution < 1.29 is 4.79 Å². The second kappa shape index (κ2) is 5.41. The zero-order valence-electron chi connectivity index (χ0n) is 9.01. The molecule has 1 heteroatoms. The summed E-state index contributed by atoms with van der Waals surface area (Å²) < 4.78 is 0. The highest BCUT2D eigenvalue weighted by Gasteiger charge is 2.22. The van der Waals surface area contributed by atoms with Crippen LogP contribution in [0.3, 0.4) is 0 Å². The molecule has 1 nitrogen and oxygen atoms in total. The Hall–Kier alpha value is -0.330. The predicted molar refractivity (Wildman–Crippen MR) is 55.7 cm³/mol. The van der Waals surface area contributed by atoms with Crippen LogP contribution in [-0.4, -0.2) is 5.78 Å². The molecule has 1 atom stereocenters. The lowest BCUT2D eigenvalue weighted by molar-refractivity contribution is -0.118. The van der Waals surface area contributed by atoms with E-state index in [4.69, 9.17) is 0 Å². The van der Waals surface area contributed by atoms with E-state index in [-0.39, 0.29) is 0 Å². The molecule has 0 aromatic rings. The average molecular weight is 182 g/mol. The molecule has 0 radical (unpaired) electrons. The highest BCUT2D eigenvalue weighted by atomic mass is 16.1. The van der Waals surface area contributed by atoms with Gasteiger partial charge >= 0.3 is 0 Å². The third-order valence-electron chi connectivity index (χ3n) is 3.39. The quantitative estimate of drug-likeness (QED) is 0.649. The summed E-state index contributed by atoms with van der Waals surface area (Å²) >= 11 is 0. The summed E-state index contributed by atoms with van der Waals surface area (Å²) in [6, 6.07) is 0. The van der Waals surface area contributed by atoms with Gasteiger partial charge in [0, 0.05) is 6.42 Å². The van der Waals surface area contributed by atoms with Crippen molar-refractivity contribution in [2.24, 2.45) is 11.8 Å². The first-order valence-corrected chi connectivity index (χ1v) is 5.73. The SMILES string of the molecule is CCC(CC(C)=O)C1CCCCC1. The summed E-state index contributed by atoms with van der Waals surface area (Å²) in [6.07, 6.45) is 8.92. The molecule has 1 unspecified atom stereocenters. The van der Waals surface area contributed by atoms with Crippen LogP contribution in [0.1, 0.15) is 58.8 Å². The minimum absolute atomic E-state index is 0.373. The van der Waals surface area contributed by atoms with Gasteiger partial charge in [0.25, 0.3) is 0 Å². The first kappa shape index (κ1) is 10.7. The number of hydrogen-bond acceptors (Lipinski definition) is 1. The fraction of sp³-hybridized carbons (Fsp3) is 0.917. The topological polar surface area (TPSA) is 17.1 Å². The molecule has 0 heterocycles. The number of rotatable bonds is 4. The molecule has 0 aromatic heterocycles. The third-order valence-corrected chi connectivity index (χ3v) is 3.39. The van der Waals surface area contributed by atoms with E-state index in [1.54, 1.807) is 6.92 Å². The summed E-state index contributed by atoms with van der Waals surface area (Å²) in [4.78, 5) is 11.1. The molecule has 1 rings (SSSR count). The number of Topliss-reactive ketones (excluding diaryl/α,β-unsaturated/α-hetero) is 1. The molecule has 1 fully saturated rings. The molecule has 0 amide bonds. The van der Waals surface area contributed by atoms with Crippen molar-refractivity contribution in [3.63, 3.8) is 0 Å². The van der Waals surface area contributed by atoms with E-state index in [9.17, 15) is 4.79 Å². The van der Waals surface area contributed by atoms with Gasteiger partial charge in [0.2, 0.25) is 0 Å². The van der Waals surface area contributed by atoms with E-state index in [0.29, 0.717) is 11.7 Å². The molecule has 0 spiro atoms. The maximum Gasteiger partial charge on any atom is 0.130 e. The second-order valence-electron chi connectivity index (χ2n) is 4.47. The van der Waals surface area contributed by atoms with E-state index < -0.39 is 0 Å². The summed E-state index contributed by atoms with van der Waals surface area (Å²) in [7, 11) is 0. The van der Waals surface area contributed by atoms with Crippen LogP contribution in [0, 0.1) is 11.8 Å². The lowest BCUT2D eigenvalue weighted by Crippen LogP contribution is -2.19. The summed E-state index contributed by atoms with van der Waals surface area (Å²) in [5.41, 5.74) is 0. The molecule has 0 bridgehead atoms. The second-order valence-corrected chi connectivity index (χ2v) is 4.47. The van der Waals surface area contributed by atoms with Crippen LogP contribution in [0.15, 0.2) is 0 Å². The first-order chi connectivity index (χ1) is 6.24. The molecular weight excluding hydrogens is 160 g/mol. The van der Waals surface area contributed by atoms with Crippen LogP contribution >= 0.6 is 0 Å². The van der Waals surface area contributed by atoms with E-state index in [1.807, 2.05) is 0 Å². The van der Waals surface area contributed by atoms with Crippen molar-refractivity contribution >= 4 is 5.78 Å². The highest BCUT2D eigenvalue weighted by Crippen LogP contribution is 2.33. The van der Waals surface area contributed by atoms with E-state index in [2.05, 4.69) is 6.92 Å². The Morgan fingerprint density at radius 3 is 2.38 bits per heavy atom. The van der Waals surface area contributed by atoms with Crippen molar-refractivity contribution in [1.82, 2.24) is 0 Å². The standard InChI is InChI=1S/C12H22O/c1-3-11(9-10(2)13)12-7-5-4-6-8-12/h11-12H,3-9H2,1-2H3. The lowest BCUT2D eigenvalue weighted by Gasteiger charge is -2.28. The van der Waals surface area contributed by atoms with Gasteiger partial charge in [0.15, 0.2) is 0 Å². The molecule has 0 saturated heterocycles. The Bertz CT molecular complexity index is 157. The van der Waals surface area contributed by atoms with Crippen molar-refractivity contribution in [2.75, 3.05) is 0 Å². The monoisotopic (exact) mass is 182 g/mol. The van der Waals surface area contributed by atoms with Gasteiger partial charge in [-0.1, -0.05) is 45.4 Å². The zero-order chi connectivity index (χ0) is 9.68. The molecule has 1 aliphatic rings. The smallest absolute Gasteiger partial charge is 0.130 e. The predicted octanol–water partition coefficient (Wildman–Crippen LogP) is 3.57. The van der Waals surface area contributed by atoms with Gasteiger partial charge in [-0.15, -0.1) is 0 Å². The van der Waals surface area contributed by atoms with Crippen molar-refractivity contribution in [1.29, 1.82) is 0 Å². The molecule has 0 N–H and O–H groups in total. The minimum atomic E-state index is 0.373. The van der Waals surface area contributed by atoms with Gasteiger partial charge in [0.1, 0.15) is 5.78 Å². The normalized spacial score (nSPS) is 21.4. The lowest BCUT2D eigenvalue weighted by atomic mass is 9.77. The zero-order valence-corrected chi connectivity index (χ0v) is 9.01. The van der Waals surface area contributed by atoms with Gasteiger partial charge in [-0.05, 0) is 18.8 Å². The van der Waals surface area contributed by atoms with Crippen LogP contribution in [0.5, 0.6) is 0 Å². The Morgan fingerprint density at radius 2 is 1.92 bits per heavy atom. The average Bonchev–Trinajstić information content (AvgIpc) is 2.15. The molecule has 13 heavy (non-hydrogen) atoms. The fourth-order valence-electron chi connectivity index (χ4n) is 2.62. The van der Waals surface area contributed by atoms with Crippen LogP contribution in [0.2, 0.25) is 0 Å². The summed E-state index contributed by atoms with van der Waals surface area (Å²) in [5.74, 6) is 1.90. The Balaban J connectivity index is 2.39. The van der Waals surface area contributed by atoms with Crippen molar-refractivity contribution in [3.8, 4) is 0 Å². The van der Waals surface area contributed by atoms with Crippen molar-refractivity contribution in [3.05, 3.63) is 0 Å². The van der Waals surface area contributed by atoms with Crippen LogP contribution in [0.4, 0.5) is 0 Å². The Labute approximate surface area is 81.9 Å². The van der Waals surface area contributed by atoms with Gasteiger partial charge in [-0.3, -0.25) is 0 Å². The highest BCUT2D eigenvalue weighted by molar-refractivity contribution is 5.75.